The number of pyridine rings is 1. The summed E-state index contributed by atoms with van der Waals surface area (Å²) in [5.41, 5.74) is 2.43. The van der Waals surface area contributed by atoms with Crippen molar-refractivity contribution in [2.75, 3.05) is 25.5 Å². The second-order valence-corrected chi connectivity index (χ2v) is 4.40. The van der Waals surface area contributed by atoms with E-state index in [2.05, 4.69) is 35.4 Å². The van der Waals surface area contributed by atoms with Gasteiger partial charge in [-0.05, 0) is 31.5 Å². The lowest BCUT2D eigenvalue weighted by Crippen LogP contribution is -2.24. The molecule has 0 aliphatic carbocycles. The zero-order chi connectivity index (χ0) is 10.7. The predicted octanol–water partition coefficient (Wildman–Crippen LogP) is 1.44. The van der Waals surface area contributed by atoms with E-state index in [9.17, 15) is 0 Å². The SMILES string of the molecule is CN(C)c1ccnc(CC2CCCN2)c1. The third-order valence-corrected chi connectivity index (χ3v) is 2.93. The van der Waals surface area contributed by atoms with Crippen molar-refractivity contribution in [1.29, 1.82) is 0 Å². The van der Waals surface area contributed by atoms with E-state index in [1.165, 1.54) is 24.2 Å². The molecule has 15 heavy (non-hydrogen) atoms. The molecule has 2 heterocycles. The van der Waals surface area contributed by atoms with Crippen molar-refractivity contribution in [1.82, 2.24) is 10.3 Å². The molecule has 0 aromatic carbocycles. The van der Waals surface area contributed by atoms with Crippen molar-refractivity contribution in [3.8, 4) is 0 Å². The van der Waals surface area contributed by atoms with Crippen molar-refractivity contribution in [2.45, 2.75) is 25.3 Å². The topological polar surface area (TPSA) is 28.2 Å². The van der Waals surface area contributed by atoms with Crippen molar-refractivity contribution in [3.63, 3.8) is 0 Å². The highest BCUT2D eigenvalue weighted by molar-refractivity contribution is 5.44. The van der Waals surface area contributed by atoms with Gasteiger partial charge in [-0.2, -0.15) is 0 Å². The fraction of sp³-hybridized carbons (Fsp3) is 0.583. The van der Waals surface area contributed by atoms with Crippen LogP contribution in [0.4, 0.5) is 5.69 Å². The van der Waals surface area contributed by atoms with Gasteiger partial charge in [0.05, 0.1) is 0 Å². The maximum atomic E-state index is 4.42. The van der Waals surface area contributed by atoms with Gasteiger partial charge in [-0.1, -0.05) is 0 Å². The van der Waals surface area contributed by atoms with Crippen LogP contribution in [-0.2, 0) is 6.42 Å². The van der Waals surface area contributed by atoms with E-state index in [0.717, 1.165) is 13.0 Å². The molecule has 82 valence electrons. The number of anilines is 1. The average Bonchev–Trinajstić information content (AvgIpc) is 2.71. The van der Waals surface area contributed by atoms with Gasteiger partial charge in [-0.25, -0.2) is 0 Å². The second kappa shape index (κ2) is 4.62. The van der Waals surface area contributed by atoms with Crippen LogP contribution in [0.5, 0.6) is 0 Å². The van der Waals surface area contributed by atoms with E-state index in [-0.39, 0.29) is 0 Å². The highest BCUT2D eigenvalue weighted by Gasteiger charge is 2.15. The van der Waals surface area contributed by atoms with Gasteiger partial charge in [0.2, 0.25) is 0 Å². The summed E-state index contributed by atoms with van der Waals surface area (Å²) < 4.78 is 0. The third-order valence-electron chi connectivity index (χ3n) is 2.93. The molecule has 3 heteroatoms. The lowest BCUT2D eigenvalue weighted by molar-refractivity contribution is 0.595. The Morgan fingerprint density at radius 1 is 1.53 bits per heavy atom. The lowest BCUT2D eigenvalue weighted by Gasteiger charge is -2.14. The third kappa shape index (κ3) is 2.69. The van der Waals surface area contributed by atoms with Gasteiger partial charge in [0.15, 0.2) is 0 Å². The van der Waals surface area contributed by atoms with Crippen LogP contribution >= 0.6 is 0 Å². The van der Waals surface area contributed by atoms with Gasteiger partial charge in [0.25, 0.3) is 0 Å². The average molecular weight is 205 g/mol. The second-order valence-electron chi connectivity index (χ2n) is 4.40. The minimum Gasteiger partial charge on any atom is -0.378 e. The van der Waals surface area contributed by atoms with Crippen LogP contribution in [0, 0.1) is 0 Å². The zero-order valence-electron chi connectivity index (χ0n) is 9.53. The zero-order valence-corrected chi connectivity index (χ0v) is 9.53. The minimum absolute atomic E-state index is 0.634. The maximum absolute atomic E-state index is 4.42. The molecule has 1 saturated heterocycles. The van der Waals surface area contributed by atoms with Gasteiger partial charge < -0.3 is 10.2 Å². The molecule has 1 unspecified atom stereocenters. The molecule has 0 radical (unpaired) electrons. The number of hydrogen-bond donors (Lipinski definition) is 1. The summed E-state index contributed by atoms with van der Waals surface area (Å²) in [6, 6.07) is 4.86. The van der Waals surface area contributed by atoms with Gasteiger partial charge in [0.1, 0.15) is 0 Å². The highest BCUT2D eigenvalue weighted by Crippen LogP contribution is 2.15. The highest BCUT2D eigenvalue weighted by atomic mass is 15.1. The molecule has 1 N–H and O–H groups in total. The number of nitrogens with one attached hydrogen (secondary N) is 1. The van der Waals surface area contributed by atoms with Gasteiger partial charge >= 0.3 is 0 Å². The summed E-state index contributed by atoms with van der Waals surface area (Å²) in [7, 11) is 4.12. The molecular formula is C12H19N3. The van der Waals surface area contributed by atoms with Crippen LogP contribution < -0.4 is 10.2 Å². The fourth-order valence-electron chi connectivity index (χ4n) is 2.04. The Kier molecular flexibility index (Phi) is 3.21. The first-order valence-electron chi connectivity index (χ1n) is 5.61. The Bertz CT molecular complexity index is 316. The first-order chi connectivity index (χ1) is 7.25. The molecule has 1 aromatic rings. The van der Waals surface area contributed by atoms with Gasteiger partial charge in [-0.3, -0.25) is 4.98 Å². The number of nitrogens with zero attached hydrogens (tertiary/aromatic N) is 2. The van der Waals surface area contributed by atoms with E-state index in [4.69, 9.17) is 0 Å². The van der Waals surface area contributed by atoms with Crippen LogP contribution in [0.1, 0.15) is 18.5 Å². The molecule has 0 bridgehead atoms. The molecule has 1 aliphatic heterocycles. The van der Waals surface area contributed by atoms with Crippen molar-refractivity contribution in [3.05, 3.63) is 24.0 Å². The maximum Gasteiger partial charge on any atom is 0.0439 e. The summed E-state index contributed by atoms with van der Waals surface area (Å²) in [5.74, 6) is 0. The monoisotopic (exact) mass is 205 g/mol. The molecule has 1 aromatic heterocycles. The molecule has 1 atom stereocenters. The van der Waals surface area contributed by atoms with E-state index in [1.807, 2.05) is 12.3 Å². The standard InChI is InChI=1S/C12H19N3/c1-15(2)12-5-7-14-11(9-12)8-10-4-3-6-13-10/h5,7,9-10,13H,3-4,6,8H2,1-2H3. The summed E-state index contributed by atoms with van der Waals surface area (Å²) in [5, 5.41) is 3.50. The summed E-state index contributed by atoms with van der Waals surface area (Å²) in [4.78, 5) is 6.54. The fourth-order valence-corrected chi connectivity index (χ4v) is 2.04. The predicted molar refractivity (Wildman–Crippen MR) is 63.3 cm³/mol. The van der Waals surface area contributed by atoms with Crippen molar-refractivity contribution in [2.24, 2.45) is 0 Å². The van der Waals surface area contributed by atoms with Gasteiger partial charge in [0, 0.05) is 44.1 Å². The number of rotatable bonds is 3. The molecule has 2 rings (SSSR count). The molecule has 3 nitrogen and oxygen atoms in total. The summed E-state index contributed by atoms with van der Waals surface area (Å²) >= 11 is 0. The van der Waals surface area contributed by atoms with E-state index >= 15 is 0 Å². The largest absolute Gasteiger partial charge is 0.378 e. The molecule has 0 saturated carbocycles. The molecule has 1 aliphatic rings. The number of hydrogen-bond acceptors (Lipinski definition) is 3. The van der Waals surface area contributed by atoms with Crippen LogP contribution in [0.2, 0.25) is 0 Å². The molecule has 0 spiro atoms. The normalized spacial score (nSPS) is 20.5. The first-order valence-corrected chi connectivity index (χ1v) is 5.61. The Morgan fingerprint density at radius 3 is 3.07 bits per heavy atom. The van der Waals surface area contributed by atoms with Gasteiger partial charge in [-0.15, -0.1) is 0 Å². The van der Waals surface area contributed by atoms with Crippen LogP contribution in [0.15, 0.2) is 18.3 Å². The van der Waals surface area contributed by atoms with Crippen LogP contribution in [0.25, 0.3) is 0 Å². The van der Waals surface area contributed by atoms with Crippen LogP contribution in [0.3, 0.4) is 0 Å². The van der Waals surface area contributed by atoms with E-state index in [1.54, 1.807) is 0 Å². The smallest absolute Gasteiger partial charge is 0.0439 e. The quantitative estimate of drug-likeness (QED) is 0.809. The number of aromatic nitrogens is 1. The Labute approximate surface area is 91.5 Å². The van der Waals surface area contributed by atoms with E-state index < -0.39 is 0 Å². The molecule has 0 amide bonds. The van der Waals surface area contributed by atoms with Crippen molar-refractivity contribution < 1.29 is 0 Å². The summed E-state index contributed by atoms with van der Waals surface area (Å²) in [6.45, 7) is 1.16. The molecule has 1 fully saturated rings. The first kappa shape index (κ1) is 10.4. The van der Waals surface area contributed by atoms with E-state index in [0.29, 0.717) is 6.04 Å². The summed E-state index contributed by atoms with van der Waals surface area (Å²) in [6.07, 6.45) is 5.55. The Balaban J connectivity index is 2.04. The van der Waals surface area contributed by atoms with Crippen molar-refractivity contribution >= 4 is 5.69 Å². The Morgan fingerprint density at radius 2 is 2.40 bits per heavy atom. The lowest BCUT2D eigenvalue weighted by atomic mass is 10.1. The minimum atomic E-state index is 0.634. The molecular weight excluding hydrogens is 186 g/mol. The van der Waals surface area contributed by atoms with Crippen LogP contribution in [-0.4, -0.2) is 31.7 Å². The Hall–Kier alpha value is -1.09.